The summed E-state index contributed by atoms with van der Waals surface area (Å²) in [7, 11) is 1.37. The standard InChI is InChI=1S/C9H5ClN2O5/c1-11-6-3-5(10)7(12(15)16)2-4(6)8(13)17-9(11)14/h2-3H,1H3. The van der Waals surface area contributed by atoms with Crippen molar-refractivity contribution in [1.82, 2.24) is 4.57 Å². The van der Waals surface area contributed by atoms with Crippen molar-refractivity contribution < 1.29 is 9.34 Å². The van der Waals surface area contributed by atoms with Crippen LogP contribution in [0.2, 0.25) is 5.02 Å². The second kappa shape index (κ2) is 3.70. The van der Waals surface area contributed by atoms with Gasteiger partial charge in [-0.05, 0) is 6.07 Å². The van der Waals surface area contributed by atoms with Gasteiger partial charge in [-0.25, -0.2) is 9.59 Å². The van der Waals surface area contributed by atoms with Gasteiger partial charge < -0.3 is 4.42 Å². The molecule has 7 nitrogen and oxygen atoms in total. The zero-order valence-corrected chi connectivity index (χ0v) is 9.22. The molecule has 17 heavy (non-hydrogen) atoms. The average molecular weight is 257 g/mol. The zero-order chi connectivity index (χ0) is 12.7. The molecule has 1 heterocycles. The predicted octanol–water partition coefficient (Wildman–Crippen LogP) is 1.05. The molecule has 0 saturated carbocycles. The van der Waals surface area contributed by atoms with E-state index in [9.17, 15) is 19.7 Å². The highest BCUT2D eigenvalue weighted by molar-refractivity contribution is 6.33. The average Bonchev–Trinajstić information content (AvgIpc) is 2.25. The first kappa shape index (κ1) is 11.3. The minimum atomic E-state index is -0.928. The third-order valence-electron chi connectivity index (χ3n) is 2.30. The molecule has 0 bridgehead atoms. The molecule has 0 fully saturated rings. The molecule has 2 rings (SSSR count). The molecule has 0 amide bonds. The fourth-order valence-electron chi connectivity index (χ4n) is 1.43. The van der Waals surface area contributed by atoms with Crippen molar-refractivity contribution in [2.45, 2.75) is 0 Å². The molecule has 0 aliphatic rings. The number of nitrogens with zero attached hydrogens (tertiary/aromatic N) is 2. The van der Waals surface area contributed by atoms with Crippen LogP contribution >= 0.6 is 11.6 Å². The van der Waals surface area contributed by atoms with Gasteiger partial charge in [0.15, 0.2) is 0 Å². The largest absolute Gasteiger partial charge is 0.422 e. The Hall–Kier alpha value is -2.15. The van der Waals surface area contributed by atoms with Crippen LogP contribution in [0.3, 0.4) is 0 Å². The molecule has 1 aromatic carbocycles. The third kappa shape index (κ3) is 1.70. The summed E-state index contributed by atoms with van der Waals surface area (Å²) in [6.07, 6.45) is 0. The van der Waals surface area contributed by atoms with Gasteiger partial charge in [0.1, 0.15) is 5.02 Å². The number of hydrogen-bond acceptors (Lipinski definition) is 5. The van der Waals surface area contributed by atoms with Crippen molar-refractivity contribution in [3.8, 4) is 0 Å². The fraction of sp³-hybridized carbons (Fsp3) is 0.111. The van der Waals surface area contributed by atoms with Crippen LogP contribution in [0.4, 0.5) is 5.69 Å². The lowest BCUT2D eigenvalue weighted by atomic mass is 10.2. The summed E-state index contributed by atoms with van der Waals surface area (Å²) in [5, 5.41) is 10.4. The quantitative estimate of drug-likeness (QED) is 0.561. The number of hydrogen-bond donors (Lipinski definition) is 0. The summed E-state index contributed by atoms with van der Waals surface area (Å²) in [5.74, 6) is -0.854. The highest BCUT2D eigenvalue weighted by atomic mass is 35.5. The highest BCUT2D eigenvalue weighted by Crippen LogP contribution is 2.27. The van der Waals surface area contributed by atoms with E-state index in [0.717, 1.165) is 10.6 Å². The highest BCUT2D eigenvalue weighted by Gasteiger charge is 2.17. The molecular formula is C9H5ClN2O5. The van der Waals surface area contributed by atoms with E-state index >= 15 is 0 Å². The van der Waals surface area contributed by atoms with Gasteiger partial charge in [0.05, 0.1) is 15.8 Å². The molecule has 0 atom stereocenters. The first-order chi connectivity index (χ1) is 7.91. The molecule has 0 radical (unpaired) electrons. The minimum absolute atomic E-state index is 0.0665. The van der Waals surface area contributed by atoms with Crippen molar-refractivity contribution in [2.75, 3.05) is 0 Å². The maximum absolute atomic E-state index is 11.4. The molecule has 0 saturated heterocycles. The molecule has 0 aliphatic carbocycles. The summed E-state index contributed by atoms with van der Waals surface area (Å²) >= 11 is 5.69. The van der Waals surface area contributed by atoms with Gasteiger partial charge in [0, 0.05) is 13.1 Å². The number of fused-ring (bicyclic) bond motifs is 1. The summed E-state index contributed by atoms with van der Waals surface area (Å²) in [4.78, 5) is 32.5. The molecule has 0 N–H and O–H groups in total. The Labute approximate surface area is 98.0 Å². The number of rotatable bonds is 1. The Morgan fingerprint density at radius 1 is 1.41 bits per heavy atom. The first-order valence-corrected chi connectivity index (χ1v) is 4.77. The molecule has 0 spiro atoms. The van der Waals surface area contributed by atoms with Crippen molar-refractivity contribution in [2.24, 2.45) is 7.05 Å². The Kier molecular flexibility index (Phi) is 2.47. The van der Waals surface area contributed by atoms with Crippen LogP contribution in [-0.2, 0) is 7.05 Å². The molecule has 0 aliphatic heterocycles. The molecule has 2 aromatic rings. The summed E-state index contributed by atoms with van der Waals surface area (Å²) in [6.45, 7) is 0. The fourth-order valence-corrected chi connectivity index (χ4v) is 1.66. The van der Waals surface area contributed by atoms with E-state index in [-0.39, 0.29) is 15.9 Å². The molecule has 0 unspecified atom stereocenters. The maximum Gasteiger partial charge on any atom is 0.422 e. The van der Waals surface area contributed by atoms with Crippen LogP contribution in [0.1, 0.15) is 0 Å². The van der Waals surface area contributed by atoms with Crippen LogP contribution < -0.4 is 11.4 Å². The molecule has 88 valence electrons. The third-order valence-corrected chi connectivity index (χ3v) is 2.60. The normalized spacial score (nSPS) is 10.7. The van der Waals surface area contributed by atoms with Crippen molar-refractivity contribution in [3.63, 3.8) is 0 Å². The van der Waals surface area contributed by atoms with E-state index in [4.69, 9.17) is 11.6 Å². The number of nitro benzene ring substituents is 1. The van der Waals surface area contributed by atoms with Gasteiger partial charge in [-0.2, -0.15) is 0 Å². The number of aryl methyl sites for hydroxylation is 1. The Bertz CT molecular complexity index is 745. The lowest BCUT2D eigenvalue weighted by Crippen LogP contribution is -2.22. The molecular weight excluding hydrogens is 252 g/mol. The van der Waals surface area contributed by atoms with Crippen molar-refractivity contribution in [3.05, 3.63) is 48.2 Å². The van der Waals surface area contributed by atoms with Gasteiger partial charge in [-0.15, -0.1) is 0 Å². The van der Waals surface area contributed by atoms with Gasteiger partial charge in [0.25, 0.3) is 5.69 Å². The number of benzene rings is 1. The SMILES string of the molecule is Cn1c(=O)oc(=O)c2cc([N+](=O)[O-])c(Cl)cc21. The predicted molar refractivity (Wildman–Crippen MR) is 59.4 cm³/mol. The van der Waals surface area contributed by atoms with Crippen LogP contribution in [0.25, 0.3) is 10.9 Å². The van der Waals surface area contributed by atoms with Crippen molar-refractivity contribution >= 4 is 28.2 Å². The summed E-state index contributed by atoms with van der Waals surface area (Å²) < 4.78 is 5.43. The van der Waals surface area contributed by atoms with Crippen LogP contribution in [0, 0.1) is 10.1 Å². The van der Waals surface area contributed by atoms with E-state index < -0.39 is 22.0 Å². The molecule has 1 aromatic heterocycles. The smallest absolute Gasteiger partial charge is 0.372 e. The maximum atomic E-state index is 11.4. The van der Waals surface area contributed by atoms with Crippen LogP contribution in [0.15, 0.2) is 26.1 Å². The van der Waals surface area contributed by atoms with Gasteiger partial charge >= 0.3 is 11.4 Å². The van der Waals surface area contributed by atoms with Crippen LogP contribution in [-0.4, -0.2) is 9.49 Å². The van der Waals surface area contributed by atoms with Crippen LogP contribution in [0.5, 0.6) is 0 Å². The van der Waals surface area contributed by atoms with Gasteiger partial charge in [-0.1, -0.05) is 11.6 Å². The minimum Gasteiger partial charge on any atom is -0.372 e. The summed E-state index contributed by atoms with van der Waals surface area (Å²) in [6, 6.07) is 2.18. The number of aromatic nitrogens is 1. The van der Waals surface area contributed by atoms with E-state index in [1.54, 1.807) is 0 Å². The van der Waals surface area contributed by atoms with Gasteiger partial charge in [-0.3, -0.25) is 14.7 Å². The lowest BCUT2D eigenvalue weighted by molar-refractivity contribution is -0.384. The van der Waals surface area contributed by atoms with Gasteiger partial charge in [0.2, 0.25) is 0 Å². The van der Waals surface area contributed by atoms with Crippen molar-refractivity contribution in [1.29, 1.82) is 0 Å². The monoisotopic (exact) mass is 256 g/mol. The molecule has 8 heteroatoms. The topological polar surface area (TPSA) is 95.3 Å². The second-order valence-electron chi connectivity index (χ2n) is 3.29. The van der Waals surface area contributed by atoms with E-state index in [2.05, 4.69) is 4.42 Å². The zero-order valence-electron chi connectivity index (χ0n) is 8.47. The first-order valence-electron chi connectivity index (χ1n) is 4.39. The van der Waals surface area contributed by atoms with E-state index in [1.165, 1.54) is 13.1 Å². The second-order valence-corrected chi connectivity index (χ2v) is 3.70. The van der Waals surface area contributed by atoms with E-state index in [1.807, 2.05) is 0 Å². The number of nitro groups is 1. The lowest BCUT2D eigenvalue weighted by Gasteiger charge is -2.03. The Morgan fingerprint density at radius 2 is 2.06 bits per heavy atom. The Balaban J connectivity index is 3.03. The van der Waals surface area contributed by atoms with E-state index in [0.29, 0.717) is 0 Å². The Morgan fingerprint density at radius 3 is 2.65 bits per heavy atom. The summed E-state index contributed by atoms with van der Waals surface area (Å²) in [5.41, 5.74) is -1.16. The number of halogens is 1.